The SMILES string of the molecule is COc1ccc(Cl)cc1NCCC(=O)NCCc1ccccc1F. The molecule has 6 heteroatoms. The topological polar surface area (TPSA) is 50.4 Å². The number of benzene rings is 2. The number of amides is 1. The first-order valence-electron chi connectivity index (χ1n) is 7.67. The molecule has 0 fully saturated rings. The fourth-order valence-electron chi connectivity index (χ4n) is 2.26. The third-order valence-electron chi connectivity index (χ3n) is 3.50. The van der Waals surface area contributed by atoms with Crippen LogP contribution in [0.4, 0.5) is 10.1 Å². The van der Waals surface area contributed by atoms with Gasteiger partial charge in [0.05, 0.1) is 12.8 Å². The molecule has 4 nitrogen and oxygen atoms in total. The monoisotopic (exact) mass is 350 g/mol. The van der Waals surface area contributed by atoms with Crippen LogP contribution < -0.4 is 15.4 Å². The van der Waals surface area contributed by atoms with Gasteiger partial charge in [-0.2, -0.15) is 0 Å². The first-order chi connectivity index (χ1) is 11.6. The molecule has 0 aliphatic rings. The van der Waals surface area contributed by atoms with Gasteiger partial charge in [-0.05, 0) is 36.2 Å². The van der Waals surface area contributed by atoms with Gasteiger partial charge in [-0.15, -0.1) is 0 Å². The van der Waals surface area contributed by atoms with Crippen molar-refractivity contribution >= 4 is 23.2 Å². The van der Waals surface area contributed by atoms with Crippen LogP contribution in [0.3, 0.4) is 0 Å². The van der Waals surface area contributed by atoms with E-state index < -0.39 is 0 Å². The number of nitrogens with one attached hydrogen (secondary N) is 2. The van der Waals surface area contributed by atoms with Gasteiger partial charge in [-0.25, -0.2) is 4.39 Å². The molecular formula is C18H20ClFN2O2. The fourth-order valence-corrected chi connectivity index (χ4v) is 2.43. The van der Waals surface area contributed by atoms with Gasteiger partial charge in [-0.1, -0.05) is 29.8 Å². The van der Waals surface area contributed by atoms with E-state index in [2.05, 4.69) is 10.6 Å². The van der Waals surface area contributed by atoms with E-state index in [1.54, 1.807) is 43.5 Å². The summed E-state index contributed by atoms with van der Waals surface area (Å²) in [5.41, 5.74) is 1.34. The summed E-state index contributed by atoms with van der Waals surface area (Å²) in [6.07, 6.45) is 0.765. The second-order valence-electron chi connectivity index (χ2n) is 5.21. The van der Waals surface area contributed by atoms with Crippen LogP contribution in [0.2, 0.25) is 5.02 Å². The van der Waals surface area contributed by atoms with Crippen LogP contribution in [0, 0.1) is 5.82 Å². The molecule has 0 aromatic heterocycles. The van der Waals surface area contributed by atoms with Gasteiger partial charge >= 0.3 is 0 Å². The highest BCUT2D eigenvalue weighted by molar-refractivity contribution is 6.30. The molecule has 1 amide bonds. The summed E-state index contributed by atoms with van der Waals surface area (Å²) in [6, 6.07) is 11.8. The maximum absolute atomic E-state index is 13.5. The van der Waals surface area contributed by atoms with E-state index in [4.69, 9.17) is 16.3 Å². The molecule has 128 valence electrons. The van der Waals surface area contributed by atoms with E-state index in [-0.39, 0.29) is 11.7 Å². The summed E-state index contributed by atoms with van der Waals surface area (Å²) in [6.45, 7) is 0.850. The van der Waals surface area contributed by atoms with Gasteiger partial charge in [0.25, 0.3) is 0 Å². The van der Waals surface area contributed by atoms with Crippen molar-refractivity contribution in [2.45, 2.75) is 12.8 Å². The van der Waals surface area contributed by atoms with Crippen molar-refractivity contribution in [3.8, 4) is 5.75 Å². The Morgan fingerprint density at radius 2 is 2.00 bits per heavy atom. The first-order valence-corrected chi connectivity index (χ1v) is 8.05. The van der Waals surface area contributed by atoms with E-state index in [0.717, 1.165) is 5.69 Å². The molecular weight excluding hydrogens is 331 g/mol. The predicted molar refractivity (Wildman–Crippen MR) is 94.2 cm³/mol. The van der Waals surface area contributed by atoms with Gasteiger partial charge in [0.15, 0.2) is 0 Å². The largest absolute Gasteiger partial charge is 0.495 e. The van der Waals surface area contributed by atoms with Crippen LogP contribution in [0.15, 0.2) is 42.5 Å². The van der Waals surface area contributed by atoms with Crippen LogP contribution in [0.25, 0.3) is 0 Å². The average Bonchev–Trinajstić information content (AvgIpc) is 2.57. The minimum atomic E-state index is -0.249. The Bertz CT molecular complexity index is 694. The zero-order valence-electron chi connectivity index (χ0n) is 13.4. The Labute approximate surface area is 146 Å². The van der Waals surface area contributed by atoms with Crippen molar-refractivity contribution in [2.24, 2.45) is 0 Å². The Morgan fingerprint density at radius 3 is 2.75 bits per heavy atom. The lowest BCUT2D eigenvalue weighted by Crippen LogP contribution is -2.27. The predicted octanol–water partition coefficient (Wildman–Crippen LogP) is 3.65. The molecule has 24 heavy (non-hydrogen) atoms. The maximum atomic E-state index is 13.5. The molecule has 0 radical (unpaired) electrons. The normalized spacial score (nSPS) is 10.3. The van der Waals surface area contributed by atoms with Crippen molar-refractivity contribution < 1.29 is 13.9 Å². The molecule has 0 atom stereocenters. The molecule has 2 aromatic carbocycles. The van der Waals surface area contributed by atoms with Crippen molar-refractivity contribution in [1.82, 2.24) is 5.32 Å². The van der Waals surface area contributed by atoms with E-state index in [1.807, 2.05) is 0 Å². The molecule has 2 aromatic rings. The van der Waals surface area contributed by atoms with Crippen LogP contribution in [0.1, 0.15) is 12.0 Å². The van der Waals surface area contributed by atoms with Crippen LogP contribution >= 0.6 is 11.6 Å². The lowest BCUT2D eigenvalue weighted by Gasteiger charge is -2.11. The Kier molecular flexibility index (Phi) is 6.88. The molecule has 0 aliphatic heterocycles. The van der Waals surface area contributed by atoms with Crippen molar-refractivity contribution in [1.29, 1.82) is 0 Å². The molecule has 0 heterocycles. The van der Waals surface area contributed by atoms with Crippen molar-refractivity contribution in [3.05, 3.63) is 58.9 Å². The summed E-state index contributed by atoms with van der Waals surface area (Å²) >= 11 is 5.95. The van der Waals surface area contributed by atoms with E-state index in [1.165, 1.54) is 6.07 Å². The number of carbonyl (C=O) groups is 1. The second-order valence-corrected chi connectivity index (χ2v) is 5.65. The van der Waals surface area contributed by atoms with Gasteiger partial charge in [-0.3, -0.25) is 4.79 Å². The lowest BCUT2D eigenvalue weighted by molar-refractivity contribution is -0.120. The molecule has 0 spiro atoms. The maximum Gasteiger partial charge on any atom is 0.221 e. The Morgan fingerprint density at radius 1 is 1.21 bits per heavy atom. The van der Waals surface area contributed by atoms with Crippen LogP contribution in [-0.2, 0) is 11.2 Å². The van der Waals surface area contributed by atoms with Gasteiger partial charge in [0.1, 0.15) is 11.6 Å². The minimum Gasteiger partial charge on any atom is -0.495 e. The lowest BCUT2D eigenvalue weighted by atomic mass is 10.1. The van der Waals surface area contributed by atoms with Gasteiger partial charge in [0.2, 0.25) is 5.91 Å². The van der Waals surface area contributed by atoms with Crippen LogP contribution in [0.5, 0.6) is 5.75 Å². The zero-order valence-corrected chi connectivity index (χ0v) is 14.2. The minimum absolute atomic E-state index is 0.0974. The summed E-state index contributed by atoms with van der Waals surface area (Å²) in [7, 11) is 1.57. The molecule has 0 bridgehead atoms. The molecule has 0 saturated heterocycles. The number of hydrogen-bond donors (Lipinski definition) is 2. The summed E-state index contributed by atoms with van der Waals surface area (Å²) in [4.78, 5) is 11.8. The number of rotatable bonds is 8. The summed E-state index contributed by atoms with van der Waals surface area (Å²) < 4.78 is 18.7. The fraction of sp³-hybridized carbons (Fsp3) is 0.278. The quantitative estimate of drug-likeness (QED) is 0.764. The van der Waals surface area contributed by atoms with E-state index in [0.29, 0.717) is 42.3 Å². The third kappa shape index (κ3) is 5.42. The molecule has 0 unspecified atom stereocenters. The number of ether oxygens (including phenoxy) is 1. The highest BCUT2D eigenvalue weighted by Gasteiger charge is 2.06. The Hall–Kier alpha value is -2.27. The second kappa shape index (κ2) is 9.13. The third-order valence-corrected chi connectivity index (χ3v) is 3.74. The number of methoxy groups -OCH3 is 1. The number of hydrogen-bond acceptors (Lipinski definition) is 3. The molecule has 0 saturated carbocycles. The number of carbonyl (C=O) groups excluding carboxylic acids is 1. The summed E-state index contributed by atoms with van der Waals surface area (Å²) in [5.74, 6) is 0.320. The smallest absolute Gasteiger partial charge is 0.221 e. The van der Waals surface area contributed by atoms with E-state index in [9.17, 15) is 9.18 Å². The number of anilines is 1. The zero-order chi connectivity index (χ0) is 17.4. The summed E-state index contributed by atoms with van der Waals surface area (Å²) in [5, 5.41) is 6.49. The standard InChI is InChI=1S/C18H20ClFN2O2/c1-24-17-7-6-14(19)12-16(17)21-11-9-18(23)22-10-8-13-4-2-3-5-15(13)20/h2-7,12,21H,8-11H2,1H3,(H,22,23). The average molecular weight is 351 g/mol. The van der Waals surface area contributed by atoms with Crippen molar-refractivity contribution in [2.75, 3.05) is 25.5 Å². The van der Waals surface area contributed by atoms with Gasteiger partial charge in [0, 0.05) is 24.5 Å². The van der Waals surface area contributed by atoms with Gasteiger partial charge < -0.3 is 15.4 Å². The van der Waals surface area contributed by atoms with Crippen LogP contribution in [-0.4, -0.2) is 26.1 Å². The first kappa shape index (κ1) is 18.1. The highest BCUT2D eigenvalue weighted by atomic mass is 35.5. The highest BCUT2D eigenvalue weighted by Crippen LogP contribution is 2.27. The Balaban J connectivity index is 1.72. The molecule has 2 N–H and O–H groups in total. The number of halogens is 2. The van der Waals surface area contributed by atoms with E-state index >= 15 is 0 Å². The van der Waals surface area contributed by atoms with Crippen molar-refractivity contribution in [3.63, 3.8) is 0 Å². The molecule has 0 aliphatic carbocycles. The molecule has 2 rings (SSSR count).